The Kier molecular flexibility index (Phi) is 2.89. The maximum Gasteiger partial charge on any atom is 0.119 e. The highest BCUT2D eigenvalue weighted by Crippen LogP contribution is 2.35. The summed E-state index contributed by atoms with van der Waals surface area (Å²) in [7, 11) is 0. The van der Waals surface area contributed by atoms with Crippen molar-refractivity contribution in [3.8, 4) is 5.75 Å². The molecule has 3 atom stereocenters. The summed E-state index contributed by atoms with van der Waals surface area (Å²) in [6.45, 7) is 6.27. The lowest BCUT2D eigenvalue weighted by molar-refractivity contribution is 0.180. The number of rotatable bonds is 3. The van der Waals surface area contributed by atoms with E-state index >= 15 is 0 Å². The van der Waals surface area contributed by atoms with Crippen LogP contribution in [0, 0.1) is 5.92 Å². The molecule has 0 radical (unpaired) electrons. The van der Waals surface area contributed by atoms with Crippen LogP contribution in [0.15, 0.2) is 43.0 Å². The first-order chi connectivity index (χ1) is 8.38. The first-order valence-electron chi connectivity index (χ1n) is 6.47. The van der Waals surface area contributed by atoms with Gasteiger partial charge in [-0.05, 0) is 31.5 Å². The van der Waals surface area contributed by atoms with Crippen molar-refractivity contribution in [2.45, 2.75) is 25.0 Å². The second-order valence-corrected chi connectivity index (χ2v) is 4.99. The molecule has 0 saturated carbocycles. The molecule has 1 aromatic carbocycles. The zero-order valence-corrected chi connectivity index (χ0v) is 10.1. The van der Waals surface area contributed by atoms with Crippen LogP contribution >= 0.6 is 0 Å². The van der Waals surface area contributed by atoms with Crippen molar-refractivity contribution in [2.75, 3.05) is 13.1 Å². The second-order valence-electron chi connectivity index (χ2n) is 4.99. The number of ether oxygens (including phenoxy) is 1. The first kappa shape index (κ1) is 10.8. The fraction of sp³-hybridized carbons (Fsp3) is 0.467. The summed E-state index contributed by atoms with van der Waals surface area (Å²) in [5.74, 6) is 1.46. The quantitative estimate of drug-likeness (QED) is 0.739. The molecule has 2 aliphatic rings. The van der Waals surface area contributed by atoms with E-state index < -0.39 is 0 Å². The summed E-state index contributed by atoms with van der Waals surface area (Å²) in [5.41, 5.74) is 0. The van der Waals surface area contributed by atoms with Crippen molar-refractivity contribution in [1.82, 2.24) is 4.90 Å². The Hall–Kier alpha value is -1.28. The normalized spacial score (nSPS) is 32.4. The highest BCUT2D eigenvalue weighted by Gasteiger charge is 2.43. The van der Waals surface area contributed by atoms with Crippen LogP contribution in [0.4, 0.5) is 0 Å². The number of hydrogen-bond acceptors (Lipinski definition) is 2. The second kappa shape index (κ2) is 4.53. The third-order valence-electron chi connectivity index (χ3n) is 4.01. The minimum Gasteiger partial charge on any atom is -0.488 e. The van der Waals surface area contributed by atoms with Gasteiger partial charge >= 0.3 is 0 Å². The predicted molar refractivity (Wildman–Crippen MR) is 69.1 cm³/mol. The van der Waals surface area contributed by atoms with Crippen molar-refractivity contribution in [3.05, 3.63) is 43.0 Å². The molecule has 2 nitrogen and oxygen atoms in total. The van der Waals surface area contributed by atoms with Gasteiger partial charge in [-0.1, -0.05) is 24.3 Å². The van der Waals surface area contributed by atoms with Gasteiger partial charge in [-0.25, -0.2) is 0 Å². The van der Waals surface area contributed by atoms with E-state index in [-0.39, 0.29) is 6.10 Å². The predicted octanol–water partition coefficient (Wildman–Crippen LogP) is 2.71. The lowest BCUT2D eigenvalue weighted by atomic mass is 9.96. The largest absolute Gasteiger partial charge is 0.488 e. The van der Waals surface area contributed by atoms with Crippen LogP contribution in [0.5, 0.6) is 5.75 Å². The molecule has 2 heteroatoms. The molecule has 2 aliphatic heterocycles. The molecule has 0 unspecified atom stereocenters. The van der Waals surface area contributed by atoms with Crippen molar-refractivity contribution < 1.29 is 4.74 Å². The fourth-order valence-corrected chi connectivity index (χ4v) is 3.21. The van der Waals surface area contributed by atoms with E-state index in [2.05, 4.69) is 17.6 Å². The lowest BCUT2D eigenvalue weighted by Gasteiger charge is -2.20. The van der Waals surface area contributed by atoms with E-state index in [9.17, 15) is 0 Å². The molecule has 90 valence electrons. The molecule has 1 aromatic rings. The minimum absolute atomic E-state index is 0.278. The van der Waals surface area contributed by atoms with Gasteiger partial charge in [0.1, 0.15) is 11.9 Å². The Morgan fingerprint density at radius 2 is 2.12 bits per heavy atom. The molecule has 0 amide bonds. The van der Waals surface area contributed by atoms with Gasteiger partial charge in [0.2, 0.25) is 0 Å². The van der Waals surface area contributed by atoms with E-state index in [0.717, 1.165) is 12.3 Å². The monoisotopic (exact) mass is 229 g/mol. The molecule has 2 fully saturated rings. The molecular formula is C15H19NO. The minimum atomic E-state index is 0.278. The Labute approximate surface area is 103 Å². The fourth-order valence-electron chi connectivity index (χ4n) is 3.21. The SMILES string of the molecule is C=C[C@H]1[C@@H](Oc2ccccc2)CN2CCC[C@@H]12. The smallest absolute Gasteiger partial charge is 0.119 e. The number of fused-ring (bicyclic) bond motifs is 1. The van der Waals surface area contributed by atoms with Gasteiger partial charge in [0.05, 0.1) is 0 Å². The van der Waals surface area contributed by atoms with E-state index in [1.807, 2.05) is 30.3 Å². The zero-order chi connectivity index (χ0) is 11.7. The van der Waals surface area contributed by atoms with Crippen LogP contribution in [0.1, 0.15) is 12.8 Å². The van der Waals surface area contributed by atoms with Crippen molar-refractivity contribution >= 4 is 0 Å². The van der Waals surface area contributed by atoms with E-state index in [4.69, 9.17) is 4.74 Å². The Morgan fingerprint density at radius 3 is 2.88 bits per heavy atom. The third kappa shape index (κ3) is 1.98. The topological polar surface area (TPSA) is 12.5 Å². The standard InChI is InChI=1S/C15H19NO/c1-2-13-14-9-6-10-16(14)11-15(13)17-12-7-4-3-5-8-12/h2-5,7-8,13-15H,1,6,9-11H2/t13-,14+,15+/m1/s1. The molecular weight excluding hydrogens is 210 g/mol. The molecule has 0 spiro atoms. The van der Waals surface area contributed by atoms with Crippen LogP contribution in [-0.2, 0) is 0 Å². The van der Waals surface area contributed by atoms with Gasteiger partial charge in [0.25, 0.3) is 0 Å². The average molecular weight is 229 g/mol. The van der Waals surface area contributed by atoms with Gasteiger partial charge in [-0.15, -0.1) is 6.58 Å². The highest BCUT2D eigenvalue weighted by atomic mass is 16.5. The van der Waals surface area contributed by atoms with Crippen LogP contribution in [0.2, 0.25) is 0 Å². The zero-order valence-electron chi connectivity index (χ0n) is 10.1. The average Bonchev–Trinajstić information content (AvgIpc) is 2.90. The summed E-state index contributed by atoms with van der Waals surface area (Å²) >= 11 is 0. The van der Waals surface area contributed by atoms with Gasteiger partial charge in [-0.3, -0.25) is 4.90 Å². The molecule has 0 bridgehead atoms. The Bertz CT molecular complexity index is 389. The maximum atomic E-state index is 6.10. The third-order valence-corrected chi connectivity index (χ3v) is 4.01. The van der Waals surface area contributed by atoms with Crippen molar-refractivity contribution in [2.24, 2.45) is 5.92 Å². The van der Waals surface area contributed by atoms with Gasteiger partial charge in [0.15, 0.2) is 0 Å². The summed E-state index contributed by atoms with van der Waals surface area (Å²) in [6, 6.07) is 10.8. The number of nitrogens with zero attached hydrogens (tertiary/aromatic N) is 1. The number of para-hydroxylation sites is 1. The molecule has 2 heterocycles. The van der Waals surface area contributed by atoms with Gasteiger partial charge in [-0.2, -0.15) is 0 Å². The number of hydrogen-bond donors (Lipinski definition) is 0. The van der Waals surface area contributed by atoms with Crippen LogP contribution in [0.25, 0.3) is 0 Å². The molecule has 0 N–H and O–H groups in total. The van der Waals surface area contributed by atoms with Gasteiger partial charge in [0, 0.05) is 18.5 Å². The Balaban J connectivity index is 1.73. The highest BCUT2D eigenvalue weighted by molar-refractivity contribution is 5.22. The maximum absolute atomic E-state index is 6.10. The lowest BCUT2D eigenvalue weighted by Crippen LogP contribution is -2.27. The van der Waals surface area contributed by atoms with Crippen LogP contribution in [0.3, 0.4) is 0 Å². The molecule has 0 aliphatic carbocycles. The van der Waals surface area contributed by atoms with E-state index in [1.54, 1.807) is 0 Å². The van der Waals surface area contributed by atoms with Crippen molar-refractivity contribution in [3.63, 3.8) is 0 Å². The number of benzene rings is 1. The van der Waals surface area contributed by atoms with E-state index in [0.29, 0.717) is 12.0 Å². The first-order valence-corrected chi connectivity index (χ1v) is 6.47. The van der Waals surface area contributed by atoms with Crippen LogP contribution in [-0.4, -0.2) is 30.1 Å². The Morgan fingerprint density at radius 1 is 1.29 bits per heavy atom. The summed E-state index contributed by atoms with van der Waals surface area (Å²) in [6.07, 6.45) is 4.99. The summed E-state index contributed by atoms with van der Waals surface area (Å²) < 4.78 is 6.10. The van der Waals surface area contributed by atoms with Crippen LogP contribution < -0.4 is 4.74 Å². The molecule has 2 saturated heterocycles. The molecule has 3 rings (SSSR count). The summed E-state index contributed by atoms with van der Waals surface area (Å²) in [4.78, 5) is 2.56. The van der Waals surface area contributed by atoms with Gasteiger partial charge < -0.3 is 4.74 Å². The van der Waals surface area contributed by atoms with Crippen molar-refractivity contribution in [1.29, 1.82) is 0 Å². The molecule has 0 aromatic heterocycles. The summed E-state index contributed by atoms with van der Waals surface area (Å²) in [5, 5.41) is 0. The molecule has 17 heavy (non-hydrogen) atoms. The van der Waals surface area contributed by atoms with E-state index in [1.165, 1.54) is 19.4 Å².